The Morgan fingerprint density at radius 1 is 0.667 bits per heavy atom. The molecule has 0 spiro atoms. The van der Waals surface area contributed by atoms with Gasteiger partial charge in [0, 0.05) is 11.1 Å². The number of halogens is 3. The zero-order chi connectivity index (χ0) is 25.2. The second-order valence-electron chi connectivity index (χ2n) is 10.6. The number of phenolic OH excluding ortho intramolecular Hbond substituents is 1. The number of aromatic hydroxyl groups is 1. The third-order valence-electron chi connectivity index (χ3n) is 8.62. The molecule has 188 valence electrons. The fraction of sp³-hybridized carbons (Fsp3) is 0.375. The van der Waals surface area contributed by atoms with Crippen molar-refractivity contribution in [1.29, 1.82) is 0 Å². The van der Waals surface area contributed by atoms with Gasteiger partial charge in [0.2, 0.25) is 5.82 Å². The van der Waals surface area contributed by atoms with Gasteiger partial charge in [0.15, 0.2) is 11.6 Å². The molecule has 0 unspecified atom stereocenters. The van der Waals surface area contributed by atoms with Gasteiger partial charge >= 0.3 is 0 Å². The van der Waals surface area contributed by atoms with Crippen LogP contribution in [0.4, 0.5) is 13.2 Å². The Hall–Kier alpha value is -3.01. The minimum Gasteiger partial charge on any atom is -0.505 e. The Kier molecular flexibility index (Phi) is 7.22. The maximum atomic E-state index is 15.2. The highest BCUT2D eigenvalue weighted by Crippen LogP contribution is 2.44. The van der Waals surface area contributed by atoms with Crippen LogP contribution in [0.5, 0.6) is 5.75 Å². The van der Waals surface area contributed by atoms with Crippen LogP contribution in [0.25, 0.3) is 22.3 Å². The lowest BCUT2D eigenvalue weighted by atomic mass is 9.68. The van der Waals surface area contributed by atoms with Crippen molar-refractivity contribution in [1.82, 2.24) is 0 Å². The number of rotatable bonds is 5. The molecule has 2 aliphatic carbocycles. The summed E-state index contributed by atoms with van der Waals surface area (Å²) < 4.78 is 43.1. The maximum Gasteiger partial charge on any atom is 0.200 e. The van der Waals surface area contributed by atoms with Crippen LogP contribution in [-0.4, -0.2) is 5.11 Å². The van der Waals surface area contributed by atoms with Crippen molar-refractivity contribution in [2.24, 2.45) is 17.8 Å². The van der Waals surface area contributed by atoms with E-state index in [1.54, 1.807) is 30.3 Å². The van der Waals surface area contributed by atoms with Crippen LogP contribution in [0.1, 0.15) is 62.8 Å². The highest BCUT2D eigenvalue weighted by Gasteiger charge is 2.31. The molecule has 3 aromatic carbocycles. The number of benzene rings is 3. The van der Waals surface area contributed by atoms with Crippen LogP contribution in [0.15, 0.2) is 67.3 Å². The SMILES string of the molecule is C=CC1CCC(C2CCC(c3ccc(-c4ccc(-c5ccc(O)c(F)c5F)cc4)c(F)c3)CC2)CC1. The fourth-order valence-electron chi connectivity index (χ4n) is 6.39. The minimum absolute atomic E-state index is 0.0528. The molecule has 0 aromatic heterocycles. The Bertz CT molecular complexity index is 1220. The van der Waals surface area contributed by atoms with Crippen LogP contribution in [0.2, 0.25) is 0 Å². The summed E-state index contributed by atoms with van der Waals surface area (Å²) in [7, 11) is 0. The summed E-state index contributed by atoms with van der Waals surface area (Å²) in [6.45, 7) is 3.96. The topological polar surface area (TPSA) is 20.2 Å². The summed E-state index contributed by atoms with van der Waals surface area (Å²) in [4.78, 5) is 0. The largest absolute Gasteiger partial charge is 0.505 e. The van der Waals surface area contributed by atoms with E-state index in [1.165, 1.54) is 44.6 Å². The number of hydrogen-bond donors (Lipinski definition) is 1. The molecule has 0 saturated heterocycles. The molecule has 0 bridgehead atoms. The Morgan fingerprint density at radius 3 is 1.81 bits per heavy atom. The van der Waals surface area contributed by atoms with Crippen LogP contribution < -0.4 is 0 Å². The molecule has 0 heterocycles. The molecular weight excluding hydrogens is 457 g/mol. The molecule has 4 heteroatoms. The standard InChI is InChI=1S/C32H33F3O/c1-2-20-3-5-21(6-4-20)22-7-9-23(10-8-22)26-15-16-27(29(33)19-26)24-11-13-25(14-12-24)28-17-18-30(36)32(35)31(28)34/h2,11-23,36H,1,3-10H2. The summed E-state index contributed by atoms with van der Waals surface area (Å²) in [6, 6.07) is 14.7. The molecule has 0 atom stereocenters. The normalized spacial score (nSPS) is 24.4. The molecule has 1 nitrogen and oxygen atoms in total. The van der Waals surface area contributed by atoms with Crippen molar-refractivity contribution in [2.75, 3.05) is 0 Å². The Labute approximate surface area is 211 Å². The van der Waals surface area contributed by atoms with Crippen LogP contribution in [0, 0.1) is 35.2 Å². The Balaban J connectivity index is 1.24. The second kappa shape index (κ2) is 10.5. The molecule has 0 aliphatic heterocycles. The van der Waals surface area contributed by atoms with Gasteiger partial charge in [0.05, 0.1) is 0 Å². The molecular formula is C32H33F3O. The summed E-state index contributed by atoms with van der Waals surface area (Å²) in [5, 5.41) is 9.34. The lowest BCUT2D eigenvalue weighted by Gasteiger charge is -2.37. The van der Waals surface area contributed by atoms with Gasteiger partial charge in [-0.3, -0.25) is 0 Å². The highest BCUT2D eigenvalue weighted by atomic mass is 19.2. The molecule has 36 heavy (non-hydrogen) atoms. The highest BCUT2D eigenvalue weighted by molar-refractivity contribution is 5.71. The van der Waals surface area contributed by atoms with Gasteiger partial charge in [-0.05, 0) is 110 Å². The van der Waals surface area contributed by atoms with Crippen molar-refractivity contribution in [3.63, 3.8) is 0 Å². The third kappa shape index (κ3) is 4.96. The lowest BCUT2D eigenvalue weighted by Crippen LogP contribution is -2.25. The molecule has 3 aromatic rings. The molecule has 5 rings (SSSR count). The average molecular weight is 491 g/mol. The molecule has 2 fully saturated rings. The molecule has 2 aliphatic rings. The predicted molar refractivity (Wildman–Crippen MR) is 139 cm³/mol. The number of phenols is 1. The van der Waals surface area contributed by atoms with Gasteiger partial charge in [-0.1, -0.05) is 42.5 Å². The predicted octanol–water partition coefficient (Wildman–Crippen LogP) is 9.41. The minimum atomic E-state index is -1.27. The zero-order valence-electron chi connectivity index (χ0n) is 20.5. The van der Waals surface area contributed by atoms with Gasteiger partial charge in [0.25, 0.3) is 0 Å². The van der Waals surface area contributed by atoms with Crippen molar-refractivity contribution in [3.8, 4) is 28.0 Å². The summed E-state index contributed by atoms with van der Waals surface area (Å²) in [5.41, 5.74) is 2.76. The first-order valence-corrected chi connectivity index (χ1v) is 13.1. The van der Waals surface area contributed by atoms with Crippen molar-refractivity contribution >= 4 is 0 Å². The van der Waals surface area contributed by atoms with E-state index in [4.69, 9.17) is 0 Å². The molecule has 1 N–H and O–H groups in total. The van der Waals surface area contributed by atoms with Gasteiger partial charge < -0.3 is 5.11 Å². The van der Waals surface area contributed by atoms with Crippen LogP contribution >= 0.6 is 0 Å². The first kappa shape index (κ1) is 24.7. The van der Waals surface area contributed by atoms with E-state index in [1.807, 2.05) is 12.1 Å². The number of hydrogen-bond acceptors (Lipinski definition) is 1. The summed E-state index contributed by atoms with van der Waals surface area (Å²) >= 11 is 0. The van der Waals surface area contributed by atoms with E-state index in [2.05, 4.69) is 12.7 Å². The van der Waals surface area contributed by atoms with Crippen molar-refractivity contribution in [2.45, 2.75) is 57.3 Å². The van der Waals surface area contributed by atoms with E-state index in [-0.39, 0.29) is 11.4 Å². The number of allylic oxidation sites excluding steroid dienone is 1. The first-order chi connectivity index (χ1) is 17.4. The zero-order valence-corrected chi connectivity index (χ0v) is 20.5. The average Bonchev–Trinajstić information content (AvgIpc) is 2.92. The first-order valence-electron chi connectivity index (χ1n) is 13.1. The van der Waals surface area contributed by atoms with Crippen molar-refractivity contribution in [3.05, 3.63) is 90.3 Å². The maximum absolute atomic E-state index is 15.2. The van der Waals surface area contributed by atoms with Crippen molar-refractivity contribution < 1.29 is 18.3 Å². The molecule has 0 radical (unpaired) electrons. The fourth-order valence-corrected chi connectivity index (χ4v) is 6.39. The van der Waals surface area contributed by atoms with E-state index >= 15 is 4.39 Å². The van der Waals surface area contributed by atoms with E-state index in [0.717, 1.165) is 36.3 Å². The summed E-state index contributed by atoms with van der Waals surface area (Å²) in [5.74, 6) is -0.593. The van der Waals surface area contributed by atoms with Crippen LogP contribution in [-0.2, 0) is 0 Å². The van der Waals surface area contributed by atoms with E-state index < -0.39 is 17.4 Å². The molecule has 0 amide bonds. The van der Waals surface area contributed by atoms with E-state index in [9.17, 15) is 13.9 Å². The van der Waals surface area contributed by atoms with E-state index in [0.29, 0.717) is 28.5 Å². The third-order valence-corrected chi connectivity index (χ3v) is 8.62. The Morgan fingerprint density at radius 2 is 1.22 bits per heavy atom. The summed E-state index contributed by atoms with van der Waals surface area (Å²) in [6.07, 6.45) is 12.0. The van der Waals surface area contributed by atoms with Gasteiger partial charge in [-0.15, -0.1) is 6.58 Å². The molecule has 2 saturated carbocycles. The monoisotopic (exact) mass is 490 g/mol. The lowest BCUT2D eigenvalue weighted by molar-refractivity contribution is 0.171. The van der Waals surface area contributed by atoms with Gasteiger partial charge in [0.1, 0.15) is 5.82 Å². The smallest absolute Gasteiger partial charge is 0.200 e. The van der Waals surface area contributed by atoms with Gasteiger partial charge in [-0.2, -0.15) is 4.39 Å². The second-order valence-corrected chi connectivity index (χ2v) is 10.6. The van der Waals surface area contributed by atoms with Gasteiger partial charge in [-0.25, -0.2) is 8.78 Å². The van der Waals surface area contributed by atoms with Crippen LogP contribution in [0.3, 0.4) is 0 Å². The quantitative estimate of drug-likeness (QED) is 0.353.